The zero-order valence-electron chi connectivity index (χ0n) is 24.3. The third-order valence-electron chi connectivity index (χ3n) is 11.5. The van der Waals surface area contributed by atoms with E-state index in [1.54, 1.807) is 0 Å². The highest BCUT2D eigenvalue weighted by Crippen LogP contribution is 2.69. The molecule has 6 heteroatoms. The Morgan fingerprint density at radius 1 is 1.00 bits per heavy atom. The van der Waals surface area contributed by atoms with Crippen molar-refractivity contribution in [1.82, 2.24) is 0 Å². The Morgan fingerprint density at radius 2 is 1.73 bits per heavy atom. The van der Waals surface area contributed by atoms with Crippen LogP contribution in [0.4, 0.5) is 0 Å². The molecular formula is C31H51NO5. The average Bonchev–Trinajstić information content (AvgIpc) is 3.15. The quantitative estimate of drug-likeness (QED) is 0.220. The standard InChI is InChI=1S/C31H51NO5/c1-19(2)9-8-10-20(3)25-11-12-26-24-17-28(32-35)31(37-22(5)34)18-23(36-21(4)33)13-16-30(31,7)27(24)14-15-29(25,26)6/h19-20,23-27,35H,8-18H2,1-7H3/b32-28+/t20-,23-,24-,25+,26-,27-,29+,30+,31-/m0/s1. The van der Waals surface area contributed by atoms with Crippen molar-refractivity contribution in [2.45, 2.75) is 131 Å². The fraction of sp³-hybridized carbons (Fsp3) is 0.903. The summed E-state index contributed by atoms with van der Waals surface area (Å²) < 4.78 is 11.8. The maximum absolute atomic E-state index is 12.5. The van der Waals surface area contributed by atoms with E-state index in [2.05, 4.69) is 39.8 Å². The third kappa shape index (κ3) is 4.84. The van der Waals surface area contributed by atoms with Crippen LogP contribution in [-0.4, -0.2) is 34.6 Å². The Labute approximate surface area is 224 Å². The molecular weight excluding hydrogens is 466 g/mol. The molecule has 4 aliphatic carbocycles. The number of esters is 2. The van der Waals surface area contributed by atoms with Crippen molar-refractivity contribution in [3.63, 3.8) is 0 Å². The highest BCUT2D eigenvalue weighted by Gasteiger charge is 2.69. The summed E-state index contributed by atoms with van der Waals surface area (Å²) in [4.78, 5) is 24.3. The van der Waals surface area contributed by atoms with Crippen molar-refractivity contribution in [1.29, 1.82) is 0 Å². The van der Waals surface area contributed by atoms with Gasteiger partial charge in [-0.25, -0.2) is 0 Å². The van der Waals surface area contributed by atoms with Crippen LogP contribution in [0.15, 0.2) is 5.16 Å². The van der Waals surface area contributed by atoms with Crippen LogP contribution in [0, 0.1) is 46.3 Å². The van der Waals surface area contributed by atoms with Crippen LogP contribution in [0.1, 0.15) is 119 Å². The molecule has 4 rings (SSSR count). The largest absolute Gasteiger partial charge is 0.462 e. The summed E-state index contributed by atoms with van der Waals surface area (Å²) in [5, 5.41) is 14.2. The van der Waals surface area contributed by atoms with Gasteiger partial charge in [0.2, 0.25) is 0 Å². The summed E-state index contributed by atoms with van der Waals surface area (Å²) in [6, 6.07) is 0. The van der Waals surface area contributed by atoms with Gasteiger partial charge in [0.15, 0.2) is 5.60 Å². The number of fused-ring (bicyclic) bond motifs is 5. The minimum absolute atomic E-state index is 0.311. The Kier molecular flexibility index (Phi) is 8.08. The molecule has 0 aromatic rings. The van der Waals surface area contributed by atoms with E-state index < -0.39 is 5.60 Å². The first kappa shape index (κ1) is 28.4. The predicted molar refractivity (Wildman–Crippen MR) is 144 cm³/mol. The second-order valence-electron chi connectivity index (χ2n) is 14.0. The summed E-state index contributed by atoms with van der Waals surface area (Å²) in [5.74, 6) is 2.96. The van der Waals surface area contributed by atoms with Crippen LogP contribution in [0.25, 0.3) is 0 Å². The average molecular weight is 518 g/mol. The van der Waals surface area contributed by atoms with Crippen molar-refractivity contribution in [3.8, 4) is 0 Å². The summed E-state index contributed by atoms with van der Waals surface area (Å²) >= 11 is 0. The molecule has 0 saturated heterocycles. The van der Waals surface area contributed by atoms with E-state index >= 15 is 0 Å². The normalized spacial score (nSPS) is 43.0. The van der Waals surface area contributed by atoms with Gasteiger partial charge >= 0.3 is 11.9 Å². The smallest absolute Gasteiger partial charge is 0.303 e. The minimum Gasteiger partial charge on any atom is -0.462 e. The van der Waals surface area contributed by atoms with Gasteiger partial charge in [-0.05, 0) is 85.9 Å². The fourth-order valence-corrected chi connectivity index (χ4v) is 9.95. The van der Waals surface area contributed by atoms with E-state index in [1.165, 1.54) is 52.4 Å². The van der Waals surface area contributed by atoms with Gasteiger partial charge < -0.3 is 14.7 Å². The number of ether oxygens (including phenoxy) is 2. The van der Waals surface area contributed by atoms with Crippen molar-refractivity contribution < 1.29 is 24.3 Å². The summed E-state index contributed by atoms with van der Waals surface area (Å²) in [5.41, 5.74) is -0.474. The van der Waals surface area contributed by atoms with Crippen LogP contribution >= 0.6 is 0 Å². The number of carbonyl (C=O) groups is 2. The first-order valence-electron chi connectivity index (χ1n) is 15.0. The molecule has 9 atom stereocenters. The lowest BCUT2D eigenvalue weighted by Crippen LogP contribution is -2.68. The Bertz CT molecular complexity index is 900. The summed E-state index contributed by atoms with van der Waals surface area (Å²) in [7, 11) is 0. The molecule has 0 spiro atoms. The maximum atomic E-state index is 12.5. The van der Waals surface area contributed by atoms with Gasteiger partial charge in [-0.3, -0.25) is 9.59 Å². The number of nitrogens with zero attached hydrogens (tertiary/aromatic N) is 1. The molecule has 4 fully saturated rings. The molecule has 0 unspecified atom stereocenters. The van der Waals surface area contributed by atoms with E-state index in [1.807, 2.05) is 0 Å². The lowest BCUT2D eigenvalue weighted by atomic mass is 9.42. The van der Waals surface area contributed by atoms with Crippen molar-refractivity contribution >= 4 is 17.7 Å². The number of hydrogen-bond donors (Lipinski definition) is 1. The first-order chi connectivity index (χ1) is 17.4. The predicted octanol–water partition coefficient (Wildman–Crippen LogP) is 7.17. The second-order valence-corrected chi connectivity index (χ2v) is 14.0. The highest BCUT2D eigenvalue weighted by molar-refractivity contribution is 5.96. The van der Waals surface area contributed by atoms with Gasteiger partial charge in [0.05, 0.1) is 0 Å². The monoisotopic (exact) mass is 517 g/mol. The number of carbonyl (C=O) groups excluding carboxylic acids is 2. The van der Waals surface area contributed by atoms with Crippen molar-refractivity contribution in [2.24, 2.45) is 51.5 Å². The number of rotatable bonds is 7. The van der Waals surface area contributed by atoms with Crippen LogP contribution in [0.5, 0.6) is 0 Å². The zero-order valence-corrected chi connectivity index (χ0v) is 24.3. The maximum Gasteiger partial charge on any atom is 0.303 e. The van der Waals surface area contributed by atoms with E-state index in [4.69, 9.17) is 9.47 Å². The van der Waals surface area contributed by atoms with Crippen molar-refractivity contribution in [3.05, 3.63) is 0 Å². The highest BCUT2D eigenvalue weighted by atomic mass is 16.6. The van der Waals surface area contributed by atoms with Gasteiger partial charge in [-0.2, -0.15) is 0 Å². The van der Waals surface area contributed by atoms with Gasteiger partial charge in [0.1, 0.15) is 11.8 Å². The molecule has 210 valence electrons. The zero-order chi connectivity index (χ0) is 27.2. The molecule has 0 aliphatic heterocycles. The Hall–Kier alpha value is -1.59. The number of hydrogen-bond acceptors (Lipinski definition) is 6. The molecule has 0 radical (unpaired) electrons. The van der Waals surface area contributed by atoms with Crippen LogP contribution in [-0.2, 0) is 19.1 Å². The summed E-state index contributed by atoms with van der Waals surface area (Å²) in [6.07, 6.45) is 11.0. The molecule has 0 amide bonds. The first-order valence-corrected chi connectivity index (χ1v) is 15.0. The lowest BCUT2D eigenvalue weighted by Gasteiger charge is -2.64. The number of oxime groups is 1. The minimum atomic E-state index is -1.02. The molecule has 6 nitrogen and oxygen atoms in total. The lowest BCUT2D eigenvalue weighted by molar-refractivity contribution is -0.204. The van der Waals surface area contributed by atoms with Gasteiger partial charge in [0, 0.05) is 25.7 Å². The molecule has 0 aromatic carbocycles. The molecule has 4 saturated carbocycles. The Balaban J connectivity index is 1.63. The molecule has 0 bridgehead atoms. The van der Waals surface area contributed by atoms with Crippen LogP contribution < -0.4 is 0 Å². The molecule has 4 aliphatic rings. The van der Waals surface area contributed by atoms with Gasteiger partial charge in [-0.1, -0.05) is 59.0 Å². The SMILES string of the molecule is CC(=O)O[C@H]1CC[C@]2(C)[C@H]3CC[C@]4(C)[C@@H]([C@@H](C)CCCC(C)C)CC[C@H]4[C@@H]3C/C(=N\O)[C@@]2(OC(C)=O)C1. The topological polar surface area (TPSA) is 85.2 Å². The van der Waals surface area contributed by atoms with Crippen molar-refractivity contribution in [2.75, 3.05) is 0 Å². The summed E-state index contributed by atoms with van der Waals surface area (Å²) in [6.45, 7) is 14.8. The van der Waals surface area contributed by atoms with E-state index in [-0.39, 0.29) is 23.5 Å². The third-order valence-corrected chi connectivity index (χ3v) is 11.5. The van der Waals surface area contributed by atoms with Crippen LogP contribution in [0.2, 0.25) is 0 Å². The Morgan fingerprint density at radius 3 is 2.35 bits per heavy atom. The van der Waals surface area contributed by atoms with Gasteiger partial charge in [-0.15, -0.1) is 0 Å². The fourth-order valence-electron chi connectivity index (χ4n) is 9.95. The molecule has 0 heterocycles. The van der Waals surface area contributed by atoms with E-state index in [0.29, 0.717) is 41.7 Å². The molecule has 1 N–H and O–H groups in total. The van der Waals surface area contributed by atoms with Crippen LogP contribution in [0.3, 0.4) is 0 Å². The van der Waals surface area contributed by atoms with Gasteiger partial charge in [0.25, 0.3) is 0 Å². The van der Waals surface area contributed by atoms with E-state index in [9.17, 15) is 14.8 Å². The van der Waals surface area contributed by atoms with E-state index in [0.717, 1.165) is 37.0 Å². The molecule has 37 heavy (non-hydrogen) atoms. The molecule has 0 aromatic heterocycles. The second kappa shape index (κ2) is 10.5.